The van der Waals surface area contributed by atoms with Crippen LogP contribution in [0.1, 0.15) is 25.8 Å². The molecular formula is C18H16Cl2N4OS2. The van der Waals surface area contributed by atoms with Gasteiger partial charge >= 0.3 is 0 Å². The molecule has 0 radical (unpaired) electrons. The van der Waals surface area contributed by atoms with E-state index < -0.39 is 0 Å². The Kier molecular flexibility index (Phi) is 5.45. The smallest absolute Gasteiger partial charge is 0.237 e. The molecule has 0 bridgehead atoms. The molecule has 1 aliphatic carbocycles. The van der Waals surface area contributed by atoms with Crippen molar-refractivity contribution in [2.75, 3.05) is 5.32 Å². The third kappa shape index (κ3) is 4.16. The first-order valence-electron chi connectivity index (χ1n) is 8.44. The summed E-state index contributed by atoms with van der Waals surface area (Å²) in [5, 5.41) is 15.0. The van der Waals surface area contributed by atoms with E-state index in [1.165, 1.54) is 11.8 Å². The van der Waals surface area contributed by atoms with Crippen LogP contribution in [0.3, 0.4) is 0 Å². The van der Waals surface area contributed by atoms with Gasteiger partial charge in [0.05, 0.1) is 20.8 Å². The maximum atomic E-state index is 12.6. The number of thiophene rings is 1. The Balaban J connectivity index is 1.52. The Bertz CT molecular complexity index is 970. The van der Waals surface area contributed by atoms with Gasteiger partial charge in [-0.3, -0.25) is 9.36 Å². The third-order valence-electron chi connectivity index (χ3n) is 4.16. The van der Waals surface area contributed by atoms with Gasteiger partial charge in [-0.15, -0.1) is 21.5 Å². The van der Waals surface area contributed by atoms with Gasteiger partial charge in [-0.05, 0) is 49.4 Å². The van der Waals surface area contributed by atoms with E-state index in [4.69, 9.17) is 23.2 Å². The summed E-state index contributed by atoms with van der Waals surface area (Å²) in [6, 6.07) is 9.44. The van der Waals surface area contributed by atoms with E-state index in [1.807, 2.05) is 24.4 Å². The minimum absolute atomic E-state index is 0.160. The second-order valence-electron chi connectivity index (χ2n) is 6.26. The lowest BCUT2D eigenvalue weighted by atomic mass is 10.3. The summed E-state index contributed by atoms with van der Waals surface area (Å²) >= 11 is 15.2. The number of hydrogen-bond donors (Lipinski definition) is 1. The van der Waals surface area contributed by atoms with Crippen LogP contribution in [0, 0.1) is 0 Å². The first-order valence-corrected chi connectivity index (χ1v) is 11.0. The predicted octanol–water partition coefficient (Wildman–Crippen LogP) is 5.77. The van der Waals surface area contributed by atoms with Crippen molar-refractivity contribution in [3.63, 3.8) is 0 Å². The third-order valence-corrected chi connectivity index (χ3v) is 6.64. The van der Waals surface area contributed by atoms with Crippen molar-refractivity contribution in [1.29, 1.82) is 0 Å². The number of anilines is 1. The van der Waals surface area contributed by atoms with Gasteiger partial charge in [-0.2, -0.15) is 0 Å². The van der Waals surface area contributed by atoms with Gasteiger partial charge < -0.3 is 5.32 Å². The molecule has 1 atom stereocenters. The van der Waals surface area contributed by atoms with Crippen molar-refractivity contribution in [2.45, 2.75) is 36.2 Å². The van der Waals surface area contributed by atoms with E-state index in [1.54, 1.807) is 29.5 Å². The number of carbonyl (C=O) groups excluding carboxylic acids is 1. The van der Waals surface area contributed by atoms with Crippen LogP contribution in [-0.2, 0) is 4.79 Å². The van der Waals surface area contributed by atoms with Crippen molar-refractivity contribution in [3.8, 4) is 10.7 Å². The van der Waals surface area contributed by atoms with E-state index in [0.717, 1.165) is 28.7 Å². The fourth-order valence-corrected chi connectivity index (χ4v) is 4.59. The highest BCUT2D eigenvalue weighted by atomic mass is 35.5. The van der Waals surface area contributed by atoms with Gasteiger partial charge in [0.1, 0.15) is 0 Å². The second kappa shape index (κ2) is 7.83. The quantitative estimate of drug-likeness (QED) is 0.496. The Hall–Kier alpha value is -1.54. The van der Waals surface area contributed by atoms with Gasteiger partial charge in [-0.25, -0.2) is 0 Å². The van der Waals surface area contributed by atoms with E-state index in [-0.39, 0.29) is 11.2 Å². The Morgan fingerprint density at radius 2 is 2.15 bits per heavy atom. The number of nitrogens with one attached hydrogen (secondary N) is 1. The zero-order chi connectivity index (χ0) is 19.0. The molecule has 27 heavy (non-hydrogen) atoms. The number of thioether (sulfide) groups is 1. The zero-order valence-corrected chi connectivity index (χ0v) is 17.5. The van der Waals surface area contributed by atoms with Crippen LogP contribution in [-0.4, -0.2) is 25.9 Å². The largest absolute Gasteiger partial charge is 0.324 e. The number of benzene rings is 1. The van der Waals surface area contributed by atoms with Crippen LogP contribution >= 0.6 is 46.3 Å². The summed E-state index contributed by atoms with van der Waals surface area (Å²) in [6.45, 7) is 1.84. The maximum Gasteiger partial charge on any atom is 0.237 e. The van der Waals surface area contributed by atoms with Crippen LogP contribution in [0.15, 0.2) is 40.9 Å². The lowest BCUT2D eigenvalue weighted by molar-refractivity contribution is -0.115. The highest BCUT2D eigenvalue weighted by molar-refractivity contribution is 8.00. The molecular weight excluding hydrogens is 423 g/mol. The standard InChI is InChI=1S/C18H16Cl2N4OS2/c1-10(17(25)21-14-9-11(19)4-7-13(14)20)27-18-23-22-16(15-3-2-8-26-15)24(18)12-5-6-12/h2-4,7-10,12H,5-6H2,1H3,(H,21,25)/t10-/m0/s1. The van der Waals surface area contributed by atoms with Crippen LogP contribution in [0.4, 0.5) is 5.69 Å². The van der Waals surface area contributed by atoms with Crippen molar-refractivity contribution in [3.05, 3.63) is 45.8 Å². The van der Waals surface area contributed by atoms with Crippen molar-refractivity contribution in [2.24, 2.45) is 0 Å². The molecule has 1 fully saturated rings. The minimum atomic E-state index is -0.363. The van der Waals surface area contributed by atoms with Crippen LogP contribution in [0.2, 0.25) is 10.0 Å². The Labute approximate surface area is 175 Å². The number of nitrogens with zero attached hydrogens (tertiary/aromatic N) is 3. The summed E-state index contributed by atoms with van der Waals surface area (Å²) in [5.41, 5.74) is 0.504. The molecule has 0 aliphatic heterocycles. The number of rotatable bonds is 6. The SMILES string of the molecule is C[C@H](Sc1nnc(-c2cccs2)n1C1CC1)C(=O)Nc1cc(Cl)ccc1Cl. The molecule has 140 valence electrons. The minimum Gasteiger partial charge on any atom is -0.324 e. The van der Waals surface area contributed by atoms with E-state index in [0.29, 0.717) is 21.8 Å². The fourth-order valence-electron chi connectivity index (χ4n) is 2.63. The highest BCUT2D eigenvalue weighted by Crippen LogP contribution is 2.42. The summed E-state index contributed by atoms with van der Waals surface area (Å²) in [7, 11) is 0. The molecule has 1 saturated carbocycles. The van der Waals surface area contributed by atoms with Gasteiger partial charge in [-0.1, -0.05) is 41.0 Å². The second-order valence-corrected chi connectivity index (χ2v) is 9.36. The lowest BCUT2D eigenvalue weighted by Gasteiger charge is -2.14. The summed E-state index contributed by atoms with van der Waals surface area (Å²) < 4.78 is 2.16. The van der Waals surface area contributed by atoms with Gasteiger partial charge in [0, 0.05) is 11.1 Å². The van der Waals surface area contributed by atoms with Crippen molar-refractivity contribution in [1.82, 2.24) is 14.8 Å². The molecule has 1 N–H and O–H groups in total. The first-order chi connectivity index (χ1) is 13.0. The van der Waals surface area contributed by atoms with Crippen LogP contribution < -0.4 is 5.32 Å². The molecule has 4 rings (SSSR count). The number of aromatic nitrogens is 3. The molecule has 2 heterocycles. The van der Waals surface area contributed by atoms with Gasteiger partial charge in [0.15, 0.2) is 11.0 Å². The van der Waals surface area contributed by atoms with E-state index >= 15 is 0 Å². The molecule has 9 heteroatoms. The molecule has 1 amide bonds. The topological polar surface area (TPSA) is 59.8 Å². The maximum absolute atomic E-state index is 12.6. The first kappa shape index (κ1) is 18.8. The van der Waals surface area contributed by atoms with Crippen LogP contribution in [0.5, 0.6) is 0 Å². The average molecular weight is 439 g/mol. The fraction of sp³-hybridized carbons (Fsp3) is 0.278. The van der Waals surface area contributed by atoms with Crippen molar-refractivity contribution >= 4 is 57.9 Å². The molecule has 5 nitrogen and oxygen atoms in total. The number of hydrogen-bond acceptors (Lipinski definition) is 5. The molecule has 0 saturated heterocycles. The Morgan fingerprint density at radius 1 is 1.33 bits per heavy atom. The molecule has 0 unspecified atom stereocenters. The van der Waals surface area contributed by atoms with Gasteiger partial charge in [0.2, 0.25) is 5.91 Å². The molecule has 2 aromatic heterocycles. The van der Waals surface area contributed by atoms with E-state index in [9.17, 15) is 4.79 Å². The number of amides is 1. The zero-order valence-electron chi connectivity index (χ0n) is 14.4. The molecule has 3 aromatic rings. The van der Waals surface area contributed by atoms with E-state index in [2.05, 4.69) is 20.1 Å². The summed E-state index contributed by atoms with van der Waals surface area (Å²) in [4.78, 5) is 13.7. The monoisotopic (exact) mass is 438 g/mol. The molecule has 1 aromatic carbocycles. The summed E-state index contributed by atoms with van der Waals surface area (Å²) in [6.07, 6.45) is 2.23. The van der Waals surface area contributed by atoms with Crippen LogP contribution in [0.25, 0.3) is 10.7 Å². The number of carbonyl (C=O) groups is 1. The average Bonchev–Trinajstić information content (AvgIpc) is 3.16. The molecule has 1 aliphatic rings. The molecule has 0 spiro atoms. The van der Waals surface area contributed by atoms with Gasteiger partial charge in [0.25, 0.3) is 0 Å². The lowest BCUT2D eigenvalue weighted by Crippen LogP contribution is -2.23. The number of halogens is 2. The summed E-state index contributed by atoms with van der Waals surface area (Å²) in [5.74, 6) is 0.715. The Morgan fingerprint density at radius 3 is 2.85 bits per heavy atom. The normalized spacial score (nSPS) is 14.9. The predicted molar refractivity (Wildman–Crippen MR) is 112 cm³/mol. The highest BCUT2D eigenvalue weighted by Gasteiger charge is 2.31. The van der Waals surface area contributed by atoms with Crippen molar-refractivity contribution < 1.29 is 4.79 Å².